The topological polar surface area (TPSA) is 112 Å². The van der Waals surface area contributed by atoms with Crippen LogP contribution in [0.3, 0.4) is 0 Å². The lowest BCUT2D eigenvalue weighted by Crippen LogP contribution is -2.15. The summed E-state index contributed by atoms with van der Waals surface area (Å²) in [6.07, 6.45) is 0. The quantitative estimate of drug-likeness (QED) is 0.213. The van der Waals surface area contributed by atoms with Gasteiger partial charge in [0.15, 0.2) is 11.0 Å². The molecule has 4 rings (SSSR count). The molecule has 0 aliphatic carbocycles. The van der Waals surface area contributed by atoms with E-state index < -0.39 is 4.92 Å². The van der Waals surface area contributed by atoms with Gasteiger partial charge in [0.25, 0.3) is 5.69 Å². The number of ether oxygens (including phenoxy) is 1. The molecule has 0 aliphatic heterocycles. The molecule has 0 fully saturated rings. The predicted molar refractivity (Wildman–Crippen MR) is 130 cm³/mol. The molecular formula is C24H21N5O4S. The Morgan fingerprint density at radius 1 is 1.06 bits per heavy atom. The molecule has 1 amide bonds. The first-order chi connectivity index (χ1) is 16.5. The standard InChI is InChI=1S/C24H21N5O4S/c1-33-21-12-10-18(11-13-21)23-26-27-24(28(23)15-17-6-3-2-4-7-17)34-16-22(30)25-19-8-5-9-20(14-19)29(31)32/h2-14H,15-16H2,1H3,(H,25,30). The second-order valence-corrected chi connectivity index (χ2v) is 8.19. The highest BCUT2D eigenvalue weighted by atomic mass is 32.2. The van der Waals surface area contributed by atoms with Crippen LogP contribution in [0.4, 0.5) is 11.4 Å². The fourth-order valence-corrected chi connectivity index (χ4v) is 4.02. The van der Waals surface area contributed by atoms with Crippen molar-refractivity contribution >= 4 is 29.0 Å². The molecule has 34 heavy (non-hydrogen) atoms. The van der Waals surface area contributed by atoms with E-state index in [9.17, 15) is 14.9 Å². The van der Waals surface area contributed by atoms with Gasteiger partial charge in [-0.05, 0) is 35.9 Å². The second-order valence-electron chi connectivity index (χ2n) is 7.25. The van der Waals surface area contributed by atoms with Gasteiger partial charge in [0.05, 0.1) is 24.3 Å². The fraction of sp³-hybridized carbons (Fsp3) is 0.125. The van der Waals surface area contributed by atoms with Gasteiger partial charge in [0.2, 0.25) is 5.91 Å². The van der Waals surface area contributed by atoms with Crippen LogP contribution in [0.1, 0.15) is 5.56 Å². The van der Waals surface area contributed by atoms with Crippen molar-refractivity contribution < 1.29 is 14.5 Å². The van der Waals surface area contributed by atoms with Gasteiger partial charge in [-0.15, -0.1) is 10.2 Å². The van der Waals surface area contributed by atoms with Crippen LogP contribution in [0.15, 0.2) is 84.0 Å². The number of non-ortho nitro benzene ring substituents is 1. The maximum absolute atomic E-state index is 12.5. The van der Waals surface area contributed by atoms with Crippen molar-refractivity contribution in [2.45, 2.75) is 11.7 Å². The SMILES string of the molecule is COc1ccc(-c2nnc(SCC(=O)Nc3cccc([N+](=O)[O-])c3)n2Cc2ccccc2)cc1. The lowest BCUT2D eigenvalue weighted by atomic mass is 10.2. The van der Waals surface area contributed by atoms with Gasteiger partial charge in [-0.3, -0.25) is 19.5 Å². The molecule has 0 spiro atoms. The average Bonchev–Trinajstić information content (AvgIpc) is 3.25. The number of carbonyl (C=O) groups is 1. The molecule has 0 unspecified atom stereocenters. The van der Waals surface area contributed by atoms with Crippen LogP contribution in [0.2, 0.25) is 0 Å². The normalized spacial score (nSPS) is 10.6. The lowest BCUT2D eigenvalue weighted by Gasteiger charge is -2.11. The zero-order valence-corrected chi connectivity index (χ0v) is 19.1. The van der Waals surface area contributed by atoms with Crippen LogP contribution in [0.25, 0.3) is 11.4 Å². The van der Waals surface area contributed by atoms with Crippen molar-refractivity contribution in [1.29, 1.82) is 0 Å². The van der Waals surface area contributed by atoms with E-state index in [1.165, 1.54) is 30.0 Å². The van der Waals surface area contributed by atoms with E-state index in [4.69, 9.17) is 4.74 Å². The Balaban J connectivity index is 1.53. The number of nitrogens with zero attached hydrogens (tertiary/aromatic N) is 4. The molecule has 0 saturated carbocycles. The highest BCUT2D eigenvalue weighted by Gasteiger charge is 2.17. The minimum Gasteiger partial charge on any atom is -0.497 e. The molecule has 1 heterocycles. The third-order valence-electron chi connectivity index (χ3n) is 4.92. The van der Waals surface area contributed by atoms with Crippen molar-refractivity contribution in [2.24, 2.45) is 0 Å². The molecule has 172 valence electrons. The van der Waals surface area contributed by atoms with Crippen molar-refractivity contribution in [3.05, 3.63) is 94.5 Å². The number of nitro groups is 1. The van der Waals surface area contributed by atoms with Crippen molar-refractivity contribution in [2.75, 3.05) is 18.2 Å². The highest BCUT2D eigenvalue weighted by molar-refractivity contribution is 7.99. The molecule has 4 aromatic rings. The van der Waals surface area contributed by atoms with Crippen LogP contribution >= 0.6 is 11.8 Å². The smallest absolute Gasteiger partial charge is 0.271 e. The van der Waals surface area contributed by atoms with Gasteiger partial charge in [-0.2, -0.15) is 0 Å². The Labute approximate surface area is 199 Å². The highest BCUT2D eigenvalue weighted by Crippen LogP contribution is 2.27. The molecule has 1 aromatic heterocycles. The number of benzene rings is 3. The molecule has 3 aromatic carbocycles. The largest absolute Gasteiger partial charge is 0.497 e. The van der Waals surface area contributed by atoms with Crippen LogP contribution in [-0.2, 0) is 11.3 Å². The molecule has 0 saturated heterocycles. The zero-order chi connectivity index (χ0) is 23.9. The number of hydrogen-bond acceptors (Lipinski definition) is 7. The summed E-state index contributed by atoms with van der Waals surface area (Å²) in [6.45, 7) is 0.532. The Hall–Kier alpha value is -4.18. The van der Waals surface area contributed by atoms with Gasteiger partial charge < -0.3 is 10.1 Å². The van der Waals surface area contributed by atoms with Crippen molar-refractivity contribution in [1.82, 2.24) is 14.8 Å². The number of aromatic nitrogens is 3. The molecule has 1 N–H and O–H groups in total. The number of rotatable bonds is 9. The first-order valence-electron chi connectivity index (χ1n) is 10.3. The maximum atomic E-state index is 12.5. The second kappa shape index (κ2) is 10.6. The monoisotopic (exact) mass is 475 g/mol. The number of methoxy groups -OCH3 is 1. The van der Waals surface area contributed by atoms with Gasteiger partial charge in [0, 0.05) is 23.4 Å². The molecule has 10 heteroatoms. The Kier molecular flexibility index (Phi) is 7.19. The molecule has 0 bridgehead atoms. The number of thioether (sulfide) groups is 1. The number of amides is 1. The number of nitro benzene ring substituents is 1. The zero-order valence-electron chi connectivity index (χ0n) is 18.2. The van der Waals surface area contributed by atoms with Crippen LogP contribution in [0.5, 0.6) is 5.75 Å². The van der Waals surface area contributed by atoms with Crippen LogP contribution in [-0.4, -0.2) is 38.5 Å². The van der Waals surface area contributed by atoms with E-state index in [0.717, 1.165) is 16.9 Å². The minimum absolute atomic E-state index is 0.0677. The summed E-state index contributed by atoms with van der Waals surface area (Å²) < 4.78 is 7.20. The Bertz CT molecular complexity index is 1290. The van der Waals surface area contributed by atoms with E-state index >= 15 is 0 Å². The van der Waals surface area contributed by atoms with Crippen LogP contribution < -0.4 is 10.1 Å². The number of nitrogens with one attached hydrogen (secondary N) is 1. The van der Waals surface area contributed by atoms with E-state index in [-0.39, 0.29) is 17.3 Å². The number of anilines is 1. The van der Waals surface area contributed by atoms with Gasteiger partial charge in [-0.25, -0.2) is 0 Å². The van der Waals surface area contributed by atoms with Gasteiger partial charge in [0.1, 0.15) is 5.75 Å². The fourth-order valence-electron chi connectivity index (χ4n) is 3.28. The number of hydrogen-bond donors (Lipinski definition) is 1. The molecule has 9 nitrogen and oxygen atoms in total. The maximum Gasteiger partial charge on any atom is 0.271 e. The summed E-state index contributed by atoms with van der Waals surface area (Å²) in [4.78, 5) is 23.0. The summed E-state index contributed by atoms with van der Waals surface area (Å²) in [5.74, 6) is 1.18. The third kappa shape index (κ3) is 5.59. The minimum atomic E-state index is -0.503. The van der Waals surface area contributed by atoms with Crippen molar-refractivity contribution in [3.63, 3.8) is 0 Å². The summed E-state index contributed by atoms with van der Waals surface area (Å²) in [5.41, 5.74) is 2.22. The summed E-state index contributed by atoms with van der Waals surface area (Å²) in [5, 5.41) is 22.9. The van der Waals surface area contributed by atoms with E-state index in [2.05, 4.69) is 15.5 Å². The Morgan fingerprint density at radius 2 is 1.82 bits per heavy atom. The lowest BCUT2D eigenvalue weighted by molar-refractivity contribution is -0.384. The van der Waals surface area contributed by atoms with E-state index in [0.29, 0.717) is 23.2 Å². The summed E-state index contributed by atoms with van der Waals surface area (Å²) in [7, 11) is 1.61. The number of carbonyl (C=O) groups excluding carboxylic acids is 1. The molecule has 0 aliphatic rings. The van der Waals surface area contributed by atoms with Crippen molar-refractivity contribution in [3.8, 4) is 17.1 Å². The molecule has 0 atom stereocenters. The first-order valence-corrected chi connectivity index (χ1v) is 11.3. The van der Waals surface area contributed by atoms with Crippen LogP contribution in [0, 0.1) is 10.1 Å². The van der Waals surface area contributed by atoms with E-state index in [1.807, 2.05) is 59.2 Å². The first kappa shape index (κ1) is 23.0. The van der Waals surface area contributed by atoms with Gasteiger partial charge >= 0.3 is 0 Å². The summed E-state index contributed by atoms with van der Waals surface area (Å²) >= 11 is 1.25. The molecule has 0 radical (unpaired) electrons. The Morgan fingerprint density at radius 3 is 2.53 bits per heavy atom. The van der Waals surface area contributed by atoms with Gasteiger partial charge in [-0.1, -0.05) is 48.2 Å². The summed E-state index contributed by atoms with van der Waals surface area (Å²) in [6, 6.07) is 23.3. The van der Waals surface area contributed by atoms with E-state index in [1.54, 1.807) is 13.2 Å². The average molecular weight is 476 g/mol. The third-order valence-corrected chi connectivity index (χ3v) is 5.89. The predicted octanol–water partition coefficient (Wildman–Crippen LogP) is 4.64. The molecular weight excluding hydrogens is 454 g/mol.